The molecule has 9 heteroatoms. The number of carbonyl (C=O) groups excluding carboxylic acids is 3. The van der Waals surface area contributed by atoms with Crippen molar-refractivity contribution in [3.05, 3.63) is 103 Å². The van der Waals surface area contributed by atoms with E-state index in [1.54, 1.807) is 72.8 Å². The van der Waals surface area contributed by atoms with Gasteiger partial charge in [0.2, 0.25) is 0 Å². The van der Waals surface area contributed by atoms with Crippen molar-refractivity contribution in [2.75, 3.05) is 0 Å². The molecule has 1 saturated heterocycles. The number of amides is 2. The molecule has 1 fully saturated rings. The number of nitrogens with zero attached hydrogens (tertiary/aromatic N) is 1. The van der Waals surface area contributed by atoms with Crippen LogP contribution in [-0.2, 0) is 11.3 Å². The number of halogens is 3. The van der Waals surface area contributed by atoms with E-state index < -0.39 is 11.9 Å². The number of carbonyl (C=O) groups is 3. The number of benzene rings is 3. The van der Waals surface area contributed by atoms with E-state index in [0.29, 0.717) is 42.4 Å². The first kappa shape index (κ1) is 23.4. The molecule has 0 spiro atoms. The SMILES string of the molecule is O=C(Oc1ccc(/C=C2\SC(=O)N(Cc3ccc(Cl)c(Cl)c3)C2=O)cc1)c1ccc(Cl)cc1. The van der Waals surface area contributed by atoms with E-state index in [-0.39, 0.29) is 11.8 Å². The van der Waals surface area contributed by atoms with Crippen LogP contribution < -0.4 is 4.74 Å². The largest absolute Gasteiger partial charge is 0.423 e. The molecule has 0 saturated carbocycles. The zero-order chi connectivity index (χ0) is 23.5. The average Bonchev–Trinajstić information content (AvgIpc) is 3.05. The van der Waals surface area contributed by atoms with E-state index in [1.807, 2.05) is 0 Å². The lowest BCUT2D eigenvalue weighted by Crippen LogP contribution is -2.27. The summed E-state index contributed by atoms with van der Waals surface area (Å²) in [6.07, 6.45) is 1.62. The van der Waals surface area contributed by atoms with Crippen LogP contribution in [0.25, 0.3) is 6.08 Å². The third-order valence-corrected chi connectivity index (χ3v) is 6.57. The third-order valence-electron chi connectivity index (χ3n) is 4.67. The summed E-state index contributed by atoms with van der Waals surface area (Å²) in [6.45, 7) is 0.0957. The number of ether oxygens (including phenoxy) is 1. The summed E-state index contributed by atoms with van der Waals surface area (Å²) in [5.74, 6) is -0.558. The van der Waals surface area contributed by atoms with Crippen molar-refractivity contribution < 1.29 is 19.1 Å². The van der Waals surface area contributed by atoms with Gasteiger partial charge in [-0.1, -0.05) is 53.0 Å². The zero-order valence-corrected chi connectivity index (χ0v) is 19.8. The van der Waals surface area contributed by atoms with Crippen LogP contribution in [0, 0.1) is 0 Å². The van der Waals surface area contributed by atoms with Gasteiger partial charge >= 0.3 is 5.97 Å². The van der Waals surface area contributed by atoms with Gasteiger partial charge in [0, 0.05) is 5.02 Å². The second-order valence-corrected chi connectivity index (χ2v) is 9.23. The summed E-state index contributed by atoms with van der Waals surface area (Å²) in [7, 11) is 0. The monoisotopic (exact) mass is 517 g/mol. The molecule has 0 radical (unpaired) electrons. The lowest BCUT2D eigenvalue weighted by molar-refractivity contribution is -0.123. The van der Waals surface area contributed by atoms with Gasteiger partial charge in [0.15, 0.2) is 0 Å². The predicted octanol–water partition coefficient (Wildman–Crippen LogP) is 7.10. The molecule has 1 aliphatic rings. The highest BCUT2D eigenvalue weighted by Crippen LogP contribution is 2.34. The Morgan fingerprint density at radius 2 is 1.61 bits per heavy atom. The summed E-state index contributed by atoms with van der Waals surface area (Å²) >= 11 is 18.6. The lowest BCUT2D eigenvalue weighted by Gasteiger charge is -2.12. The Bertz CT molecular complexity index is 1270. The summed E-state index contributed by atoms with van der Waals surface area (Å²) in [5, 5.41) is 0.911. The molecule has 0 N–H and O–H groups in total. The number of hydrogen-bond acceptors (Lipinski definition) is 5. The van der Waals surface area contributed by atoms with E-state index in [9.17, 15) is 14.4 Å². The van der Waals surface area contributed by atoms with Gasteiger partial charge in [-0.3, -0.25) is 14.5 Å². The van der Waals surface area contributed by atoms with Gasteiger partial charge in [-0.2, -0.15) is 0 Å². The minimum Gasteiger partial charge on any atom is -0.423 e. The molecular weight excluding hydrogens is 505 g/mol. The zero-order valence-electron chi connectivity index (χ0n) is 16.8. The highest BCUT2D eigenvalue weighted by atomic mass is 35.5. The van der Waals surface area contributed by atoms with Crippen LogP contribution in [0.5, 0.6) is 5.75 Å². The fourth-order valence-corrected chi connectivity index (χ4v) is 4.28. The minimum absolute atomic E-state index is 0.0957. The van der Waals surface area contributed by atoms with Crippen molar-refractivity contribution in [3.63, 3.8) is 0 Å². The highest BCUT2D eigenvalue weighted by molar-refractivity contribution is 8.18. The van der Waals surface area contributed by atoms with Gasteiger partial charge in [-0.25, -0.2) is 4.79 Å². The Labute approximate surface area is 208 Å². The molecule has 2 amide bonds. The van der Waals surface area contributed by atoms with Crippen molar-refractivity contribution in [1.29, 1.82) is 0 Å². The molecule has 5 nitrogen and oxygen atoms in total. The number of rotatable bonds is 5. The van der Waals surface area contributed by atoms with Gasteiger partial charge in [0.05, 0.1) is 27.1 Å². The van der Waals surface area contributed by atoms with E-state index in [2.05, 4.69) is 0 Å². The second-order valence-electron chi connectivity index (χ2n) is 6.98. The van der Waals surface area contributed by atoms with Crippen LogP contribution in [-0.4, -0.2) is 22.0 Å². The summed E-state index contributed by atoms with van der Waals surface area (Å²) in [5.41, 5.74) is 1.75. The molecule has 3 aromatic rings. The lowest BCUT2D eigenvalue weighted by atomic mass is 10.2. The maximum atomic E-state index is 12.7. The summed E-state index contributed by atoms with van der Waals surface area (Å²) in [6, 6.07) is 17.9. The molecule has 4 rings (SSSR count). The van der Waals surface area contributed by atoms with E-state index in [0.717, 1.165) is 16.7 Å². The van der Waals surface area contributed by atoms with Crippen LogP contribution in [0.4, 0.5) is 4.79 Å². The summed E-state index contributed by atoms with van der Waals surface area (Å²) in [4.78, 5) is 38.8. The van der Waals surface area contributed by atoms with Crippen LogP contribution in [0.2, 0.25) is 15.1 Å². The van der Waals surface area contributed by atoms with Crippen LogP contribution in [0.1, 0.15) is 21.5 Å². The fourth-order valence-electron chi connectivity index (χ4n) is 2.99. The Kier molecular flexibility index (Phi) is 7.10. The van der Waals surface area contributed by atoms with E-state index in [1.165, 1.54) is 0 Å². The number of hydrogen-bond donors (Lipinski definition) is 0. The first-order valence-corrected chi connectivity index (χ1v) is 11.5. The molecule has 0 atom stereocenters. The van der Waals surface area contributed by atoms with Crippen molar-refractivity contribution in [2.24, 2.45) is 0 Å². The topological polar surface area (TPSA) is 63.7 Å². The van der Waals surface area contributed by atoms with Crippen molar-refractivity contribution >= 4 is 69.8 Å². The summed E-state index contributed by atoms with van der Waals surface area (Å²) < 4.78 is 5.35. The second kappa shape index (κ2) is 10.0. The normalized spacial score (nSPS) is 14.8. The Balaban J connectivity index is 1.43. The smallest absolute Gasteiger partial charge is 0.343 e. The van der Waals surface area contributed by atoms with Gasteiger partial charge < -0.3 is 4.74 Å². The maximum absolute atomic E-state index is 12.7. The molecule has 0 unspecified atom stereocenters. The molecule has 1 heterocycles. The fraction of sp³-hybridized carbons (Fsp3) is 0.0417. The van der Waals surface area contributed by atoms with Crippen LogP contribution in [0.3, 0.4) is 0 Å². The number of imide groups is 1. The van der Waals surface area contributed by atoms with Crippen molar-refractivity contribution in [1.82, 2.24) is 4.90 Å². The van der Waals surface area contributed by atoms with Crippen LogP contribution >= 0.6 is 46.6 Å². The van der Waals surface area contributed by atoms with Gasteiger partial charge in [-0.05, 0) is 77.5 Å². The quantitative estimate of drug-likeness (QED) is 0.205. The first-order valence-electron chi connectivity index (χ1n) is 9.57. The maximum Gasteiger partial charge on any atom is 0.343 e. The molecule has 166 valence electrons. The number of thioether (sulfide) groups is 1. The van der Waals surface area contributed by atoms with Crippen molar-refractivity contribution in [3.8, 4) is 5.75 Å². The predicted molar refractivity (Wildman–Crippen MR) is 131 cm³/mol. The van der Waals surface area contributed by atoms with E-state index >= 15 is 0 Å². The van der Waals surface area contributed by atoms with Gasteiger partial charge in [0.25, 0.3) is 11.1 Å². The van der Waals surface area contributed by atoms with Gasteiger partial charge in [-0.15, -0.1) is 0 Å². The third kappa shape index (κ3) is 5.60. The Morgan fingerprint density at radius 3 is 2.27 bits per heavy atom. The molecule has 3 aromatic carbocycles. The molecule has 33 heavy (non-hydrogen) atoms. The molecule has 1 aliphatic heterocycles. The van der Waals surface area contributed by atoms with E-state index in [4.69, 9.17) is 39.5 Å². The molecule has 0 aromatic heterocycles. The van der Waals surface area contributed by atoms with Gasteiger partial charge in [0.1, 0.15) is 5.75 Å². The molecule has 0 aliphatic carbocycles. The first-order chi connectivity index (χ1) is 15.8. The molecule has 0 bridgehead atoms. The minimum atomic E-state index is -0.511. The standard InChI is InChI=1S/C24H14Cl3NO4S/c25-17-6-4-16(5-7-17)23(30)32-18-8-1-14(2-9-18)12-21-22(29)28(24(31)33-21)13-15-3-10-19(26)20(27)11-15/h1-12H,13H2/b21-12-. The van der Waals surface area contributed by atoms with Crippen molar-refractivity contribution in [2.45, 2.75) is 6.54 Å². The Morgan fingerprint density at radius 1 is 0.909 bits per heavy atom. The Hall–Kier alpha value is -2.77. The van der Waals surface area contributed by atoms with Crippen LogP contribution in [0.15, 0.2) is 71.6 Å². The number of esters is 1. The molecular formula is C24H14Cl3NO4S. The highest BCUT2D eigenvalue weighted by Gasteiger charge is 2.35. The average molecular weight is 519 g/mol.